The van der Waals surface area contributed by atoms with Gasteiger partial charge in [-0.3, -0.25) is 0 Å². The van der Waals surface area contributed by atoms with E-state index in [1.54, 1.807) is 24.3 Å². The van der Waals surface area contributed by atoms with Gasteiger partial charge in [0.2, 0.25) is 0 Å². The van der Waals surface area contributed by atoms with Gasteiger partial charge in [0.15, 0.2) is 11.4 Å². The second kappa shape index (κ2) is 4.89. The largest absolute Gasteiger partial charge is 0.456 e. The lowest BCUT2D eigenvalue weighted by atomic mass is 10.0. The van der Waals surface area contributed by atoms with Crippen molar-refractivity contribution in [3.63, 3.8) is 0 Å². The van der Waals surface area contributed by atoms with Gasteiger partial charge in [-0.25, -0.2) is 8.78 Å². The van der Waals surface area contributed by atoms with Crippen LogP contribution >= 0.6 is 11.6 Å². The van der Waals surface area contributed by atoms with Crippen molar-refractivity contribution in [3.05, 3.63) is 70.4 Å². The molecule has 0 radical (unpaired) electrons. The molecule has 0 fully saturated rings. The molecule has 1 atom stereocenters. The molecule has 3 aromatic rings. The van der Waals surface area contributed by atoms with Crippen molar-refractivity contribution < 1.29 is 13.2 Å². The van der Waals surface area contributed by atoms with Crippen molar-refractivity contribution >= 4 is 22.6 Å². The van der Waals surface area contributed by atoms with E-state index >= 15 is 0 Å². The minimum Gasteiger partial charge on any atom is -0.456 e. The summed E-state index contributed by atoms with van der Waals surface area (Å²) in [6.07, 6.45) is 0. The van der Waals surface area contributed by atoms with Crippen molar-refractivity contribution in [1.29, 1.82) is 0 Å². The standard InChI is InChI=1S/C15H10ClF2NO/c16-9-4-5-10(12(18)7-9)14(19)13-6-8-2-1-3-11(17)15(8)20-13/h1-7,14H,19H2. The zero-order chi connectivity index (χ0) is 14.3. The molecule has 1 unspecified atom stereocenters. The quantitative estimate of drug-likeness (QED) is 0.760. The van der Waals surface area contributed by atoms with E-state index in [9.17, 15) is 8.78 Å². The van der Waals surface area contributed by atoms with Crippen molar-refractivity contribution in [2.45, 2.75) is 6.04 Å². The lowest BCUT2D eigenvalue weighted by Gasteiger charge is -2.10. The summed E-state index contributed by atoms with van der Waals surface area (Å²) < 4.78 is 32.8. The van der Waals surface area contributed by atoms with Gasteiger partial charge in [0.05, 0.1) is 6.04 Å². The maximum atomic E-state index is 13.8. The first-order chi connectivity index (χ1) is 9.56. The smallest absolute Gasteiger partial charge is 0.169 e. The van der Waals surface area contributed by atoms with Crippen molar-refractivity contribution in [2.24, 2.45) is 5.73 Å². The van der Waals surface area contributed by atoms with Gasteiger partial charge in [0, 0.05) is 16.0 Å². The molecule has 2 nitrogen and oxygen atoms in total. The summed E-state index contributed by atoms with van der Waals surface area (Å²) in [5.74, 6) is -0.699. The predicted molar refractivity (Wildman–Crippen MR) is 73.6 cm³/mol. The molecule has 1 aromatic heterocycles. The zero-order valence-corrected chi connectivity index (χ0v) is 11.0. The van der Waals surface area contributed by atoms with Crippen LogP contribution in [0.5, 0.6) is 0 Å². The van der Waals surface area contributed by atoms with Crippen LogP contribution in [0.2, 0.25) is 5.02 Å². The molecular formula is C15H10ClF2NO. The Hall–Kier alpha value is -1.91. The molecule has 0 aliphatic heterocycles. The molecule has 102 valence electrons. The summed E-state index contributed by atoms with van der Waals surface area (Å²) in [5, 5.41) is 0.874. The normalized spacial score (nSPS) is 12.8. The summed E-state index contributed by atoms with van der Waals surface area (Å²) in [4.78, 5) is 0. The number of benzene rings is 2. The van der Waals surface area contributed by atoms with Crippen LogP contribution in [-0.4, -0.2) is 0 Å². The third-order valence-corrected chi connectivity index (χ3v) is 3.35. The SMILES string of the molecule is NC(c1cc2cccc(F)c2o1)c1ccc(Cl)cc1F. The van der Waals surface area contributed by atoms with Gasteiger partial charge in [-0.2, -0.15) is 0 Å². The maximum absolute atomic E-state index is 13.8. The molecule has 0 spiro atoms. The molecule has 0 amide bonds. The summed E-state index contributed by atoms with van der Waals surface area (Å²) >= 11 is 5.70. The van der Waals surface area contributed by atoms with E-state index in [1.165, 1.54) is 18.2 Å². The highest BCUT2D eigenvalue weighted by Gasteiger charge is 2.19. The number of furan rings is 1. The summed E-state index contributed by atoms with van der Waals surface area (Å²) in [7, 11) is 0. The third-order valence-electron chi connectivity index (χ3n) is 3.12. The van der Waals surface area contributed by atoms with Crippen LogP contribution in [0.25, 0.3) is 11.0 Å². The first-order valence-electron chi connectivity index (χ1n) is 5.95. The molecule has 0 bridgehead atoms. The average Bonchev–Trinajstić information content (AvgIpc) is 2.83. The third kappa shape index (κ3) is 2.17. The summed E-state index contributed by atoms with van der Waals surface area (Å²) in [5.41, 5.74) is 6.34. The Morgan fingerprint density at radius 2 is 1.85 bits per heavy atom. The highest BCUT2D eigenvalue weighted by atomic mass is 35.5. The van der Waals surface area contributed by atoms with Crippen LogP contribution in [0.15, 0.2) is 46.9 Å². The van der Waals surface area contributed by atoms with E-state index < -0.39 is 17.7 Å². The Morgan fingerprint density at radius 3 is 2.55 bits per heavy atom. The van der Waals surface area contributed by atoms with E-state index in [1.807, 2.05) is 0 Å². The van der Waals surface area contributed by atoms with Crippen molar-refractivity contribution in [2.75, 3.05) is 0 Å². The Kier molecular flexibility index (Phi) is 3.20. The minimum absolute atomic E-state index is 0.118. The number of para-hydroxylation sites is 1. The second-order valence-electron chi connectivity index (χ2n) is 4.45. The Morgan fingerprint density at radius 1 is 1.05 bits per heavy atom. The van der Waals surface area contributed by atoms with Crippen LogP contribution in [0.4, 0.5) is 8.78 Å². The first kappa shape index (κ1) is 13.1. The van der Waals surface area contributed by atoms with Crippen LogP contribution in [0.3, 0.4) is 0 Å². The first-order valence-corrected chi connectivity index (χ1v) is 6.32. The molecule has 0 saturated heterocycles. The van der Waals surface area contributed by atoms with Gasteiger partial charge in [0.25, 0.3) is 0 Å². The topological polar surface area (TPSA) is 39.2 Å². The van der Waals surface area contributed by atoms with Crippen LogP contribution in [-0.2, 0) is 0 Å². The fraction of sp³-hybridized carbons (Fsp3) is 0.0667. The summed E-state index contributed by atoms with van der Waals surface area (Å²) in [6, 6.07) is 9.58. The van der Waals surface area contributed by atoms with E-state index in [4.69, 9.17) is 21.8 Å². The second-order valence-corrected chi connectivity index (χ2v) is 4.89. The molecule has 0 aliphatic carbocycles. The van der Waals surface area contributed by atoms with Crippen LogP contribution < -0.4 is 5.73 Å². The van der Waals surface area contributed by atoms with Gasteiger partial charge in [-0.15, -0.1) is 0 Å². The number of fused-ring (bicyclic) bond motifs is 1. The number of rotatable bonds is 2. The van der Waals surface area contributed by atoms with E-state index in [2.05, 4.69) is 0 Å². The number of hydrogen-bond acceptors (Lipinski definition) is 2. The molecule has 0 saturated carbocycles. The predicted octanol–water partition coefficient (Wildman–Crippen LogP) is 4.41. The molecule has 3 rings (SSSR count). The van der Waals surface area contributed by atoms with Crippen LogP contribution in [0, 0.1) is 11.6 Å². The highest BCUT2D eigenvalue weighted by Crippen LogP contribution is 2.30. The lowest BCUT2D eigenvalue weighted by molar-refractivity contribution is 0.492. The Balaban J connectivity index is 2.08. The Bertz CT molecular complexity index is 785. The van der Waals surface area contributed by atoms with E-state index in [-0.39, 0.29) is 16.2 Å². The highest BCUT2D eigenvalue weighted by molar-refractivity contribution is 6.30. The monoisotopic (exact) mass is 293 g/mol. The number of halogens is 3. The van der Waals surface area contributed by atoms with Crippen molar-refractivity contribution in [3.8, 4) is 0 Å². The molecular weight excluding hydrogens is 284 g/mol. The zero-order valence-electron chi connectivity index (χ0n) is 10.2. The van der Waals surface area contributed by atoms with Gasteiger partial charge in [-0.05, 0) is 24.3 Å². The molecule has 2 N–H and O–H groups in total. The molecule has 2 aromatic carbocycles. The van der Waals surface area contributed by atoms with Gasteiger partial charge < -0.3 is 10.2 Å². The molecule has 1 heterocycles. The van der Waals surface area contributed by atoms with Gasteiger partial charge in [0.1, 0.15) is 11.6 Å². The molecule has 20 heavy (non-hydrogen) atoms. The van der Waals surface area contributed by atoms with Gasteiger partial charge in [-0.1, -0.05) is 29.8 Å². The average molecular weight is 294 g/mol. The van der Waals surface area contributed by atoms with E-state index in [0.717, 1.165) is 0 Å². The summed E-state index contributed by atoms with van der Waals surface area (Å²) in [6.45, 7) is 0. The maximum Gasteiger partial charge on any atom is 0.169 e. The number of nitrogens with two attached hydrogens (primary N) is 1. The minimum atomic E-state index is -0.820. The lowest BCUT2D eigenvalue weighted by Crippen LogP contribution is -2.12. The number of hydrogen-bond donors (Lipinski definition) is 1. The van der Waals surface area contributed by atoms with Gasteiger partial charge >= 0.3 is 0 Å². The fourth-order valence-corrected chi connectivity index (χ4v) is 2.27. The molecule has 0 aliphatic rings. The van der Waals surface area contributed by atoms with Crippen LogP contribution in [0.1, 0.15) is 17.4 Å². The van der Waals surface area contributed by atoms with E-state index in [0.29, 0.717) is 11.1 Å². The van der Waals surface area contributed by atoms with Crippen molar-refractivity contribution in [1.82, 2.24) is 0 Å². The fourth-order valence-electron chi connectivity index (χ4n) is 2.11. The Labute approximate surface area is 118 Å². The molecule has 5 heteroatoms.